The first-order valence-electron chi connectivity index (χ1n) is 6.12. The molecule has 0 heterocycles. The van der Waals surface area contributed by atoms with E-state index in [4.69, 9.17) is 5.11 Å². The predicted octanol–water partition coefficient (Wildman–Crippen LogP) is 1.89. The number of benzene rings is 1. The molecule has 0 bridgehead atoms. The normalized spacial score (nSPS) is 15.3. The summed E-state index contributed by atoms with van der Waals surface area (Å²) in [7, 11) is -3.51. The van der Waals surface area contributed by atoms with Crippen LogP contribution in [0.4, 0.5) is 0 Å². The van der Waals surface area contributed by atoms with Crippen LogP contribution in [0.5, 0.6) is 0 Å². The molecule has 0 saturated heterocycles. The lowest BCUT2D eigenvalue weighted by molar-refractivity contribution is 0.281. The first kappa shape index (κ1) is 15.1. The van der Waals surface area contributed by atoms with Crippen LogP contribution in [0.15, 0.2) is 29.2 Å². The highest BCUT2D eigenvalue weighted by molar-refractivity contribution is 7.89. The lowest BCUT2D eigenvalue weighted by Crippen LogP contribution is -2.36. The van der Waals surface area contributed by atoms with Crippen molar-refractivity contribution in [3.63, 3.8) is 0 Å². The van der Waals surface area contributed by atoms with Gasteiger partial charge in [0, 0.05) is 6.04 Å². The quantitative estimate of drug-likeness (QED) is 0.830. The van der Waals surface area contributed by atoms with Gasteiger partial charge in [-0.2, -0.15) is 0 Å². The number of rotatable bonds is 6. The van der Waals surface area contributed by atoms with Gasteiger partial charge in [-0.3, -0.25) is 0 Å². The van der Waals surface area contributed by atoms with E-state index in [2.05, 4.69) is 4.72 Å². The highest BCUT2D eigenvalue weighted by Crippen LogP contribution is 2.14. The Morgan fingerprint density at radius 3 is 2.56 bits per heavy atom. The summed E-state index contributed by atoms with van der Waals surface area (Å²) in [5.74, 6) is 0.279. The Kier molecular flexibility index (Phi) is 5.31. The third kappa shape index (κ3) is 3.80. The molecule has 0 radical (unpaired) electrons. The van der Waals surface area contributed by atoms with Crippen molar-refractivity contribution in [1.29, 1.82) is 0 Å². The second-order valence-electron chi connectivity index (χ2n) is 4.60. The van der Waals surface area contributed by atoms with Crippen molar-refractivity contribution >= 4 is 10.0 Å². The van der Waals surface area contributed by atoms with Crippen molar-refractivity contribution in [3.05, 3.63) is 29.8 Å². The van der Waals surface area contributed by atoms with E-state index >= 15 is 0 Å². The van der Waals surface area contributed by atoms with Gasteiger partial charge in [0.1, 0.15) is 0 Å². The van der Waals surface area contributed by atoms with Crippen molar-refractivity contribution in [3.8, 4) is 0 Å². The maximum atomic E-state index is 12.1. The van der Waals surface area contributed by atoms with Crippen LogP contribution in [0.3, 0.4) is 0 Å². The van der Waals surface area contributed by atoms with E-state index in [-0.39, 0.29) is 23.5 Å². The van der Waals surface area contributed by atoms with Crippen molar-refractivity contribution in [2.24, 2.45) is 5.92 Å². The van der Waals surface area contributed by atoms with Gasteiger partial charge in [0.15, 0.2) is 0 Å². The maximum Gasteiger partial charge on any atom is 0.240 e. The second-order valence-corrected chi connectivity index (χ2v) is 6.31. The van der Waals surface area contributed by atoms with Crippen molar-refractivity contribution in [2.75, 3.05) is 0 Å². The van der Waals surface area contributed by atoms with Gasteiger partial charge in [-0.05, 0) is 30.5 Å². The van der Waals surface area contributed by atoms with E-state index in [1.54, 1.807) is 12.1 Å². The first-order chi connectivity index (χ1) is 8.40. The van der Waals surface area contributed by atoms with Crippen LogP contribution in [0.2, 0.25) is 0 Å². The number of hydrogen-bond donors (Lipinski definition) is 2. The van der Waals surface area contributed by atoms with Crippen LogP contribution in [0.25, 0.3) is 0 Å². The standard InChI is InChI=1S/C13H21NO3S/c1-4-10(2)11(3)14-18(16,17)13-7-5-6-12(8-13)9-15/h5-8,10-11,14-15H,4,9H2,1-3H3. The van der Waals surface area contributed by atoms with Gasteiger partial charge >= 0.3 is 0 Å². The fraction of sp³-hybridized carbons (Fsp3) is 0.538. The fourth-order valence-electron chi connectivity index (χ4n) is 1.59. The van der Waals surface area contributed by atoms with Crippen LogP contribution >= 0.6 is 0 Å². The smallest absolute Gasteiger partial charge is 0.240 e. The van der Waals surface area contributed by atoms with Crippen LogP contribution in [0.1, 0.15) is 32.8 Å². The third-order valence-electron chi connectivity index (χ3n) is 3.23. The van der Waals surface area contributed by atoms with E-state index in [1.807, 2.05) is 20.8 Å². The van der Waals surface area contributed by atoms with Gasteiger partial charge in [0.05, 0.1) is 11.5 Å². The van der Waals surface area contributed by atoms with Crippen molar-refractivity contribution in [2.45, 2.75) is 44.7 Å². The van der Waals surface area contributed by atoms with E-state index in [0.717, 1.165) is 6.42 Å². The van der Waals surface area contributed by atoms with E-state index < -0.39 is 10.0 Å². The molecule has 0 aromatic heterocycles. The summed E-state index contributed by atoms with van der Waals surface area (Å²) in [4.78, 5) is 0.198. The molecule has 0 amide bonds. The molecule has 18 heavy (non-hydrogen) atoms. The Hall–Kier alpha value is -0.910. The molecule has 0 aliphatic carbocycles. The van der Waals surface area contributed by atoms with Gasteiger partial charge < -0.3 is 5.11 Å². The Morgan fingerprint density at radius 1 is 1.33 bits per heavy atom. The van der Waals surface area contributed by atoms with Gasteiger partial charge in [-0.1, -0.05) is 32.4 Å². The molecule has 4 nitrogen and oxygen atoms in total. The Morgan fingerprint density at radius 2 is 2.00 bits per heavy atom. The summed E-state index contributed by atoms with van der Waals surface area (Å²) in [6.45, 7) is 5.74. The zero-order valence-electron chi connectivity index (χ0n) is 11.1. The molecule has 5 heteroatoms. The van der Waals surface area contributed by atoms with Crippen LogP contribution in [-0.2, 0) is 16.6 Å². The van der Waals surface area contributed by atoms with Crippen molar-refractivity contribution < 1.29 is 13.5 Å². The van der Waals surface area contributed by atoms with Crippen LogP contribution < -0.4 is 4.72 Å². The minimum atomic E-state index is -3.51. The Bertz CT molecular complexity index is 485. The number of sulfonamides is 1. The molecule has 0 aliphatic heterocycles. The van der Waals surface area contributed by atoms with Crippen molar-refractivity contribution in [1.82, 2.24) is 4.72 Å². The molecular formula is C13H21NO3S. The van der Waals surface area contributed by atoms with E-state index in [9.17, 15) is 8.42 Å². The second kappa shape index (κ2) is 6.31. The molecule has 2 atom stereocenters. The maximum absolute atomic E-state index is 12.1. The predicted molar refractivity (Wildman–Crippen MR) is 71.6 cm³/mol. The molecule has 0 fully saturated rings. The monoisotopic (exact) mass is 271 g/mol. The molecule has 1 aromatic carbocycles. The molecule has 0 spiro atoms. The third-order valence-corrected chi connectivity index (χ3v) is 4.79. The first-order valence-corrected chi connectivity index (χ1v) is 7.61. The van der Waals surface area contributed by atoms with Gasteiger partial charge in [0.2, 0.25) is 10.0 Å². The van der Waals surface area contributed by atoms with Crippen LogP contribution in [-0.4, -0.2) is 19.6 Å². The minimum absolute atomic E-state index is 0.113. The summed E-state index contributed by atoms with van der Waals surface area (Å²) in [6, 6.07) is 6.24. The molecule has 2 unspecified atom stereocenters. The number of aliphatic hydroxyl groups excluding tert-OH is 1. The SMILES string of the molecule is CCC(C)C(C)NS(=O)(=O)c1cccc(CO)c1. The molecule has 2 N–H and O–H groups in total. The molecule has 102 valence electrons. The lowest BCUT2D eigenvalue weighted by atomic mass is 10.0. The fourth-order valence-corrected chi connectivity index (χ4v) is 3.02. The number of hydrogen-bond acceptors (Lipinski definition) is 3. The molecule has 1 aromatic rings. The molecular weight excluding hydrogens is 250 g/mol. The van der Waals surface area contributed by atoms with Gasteiger partial charge in [-0.15, -0.1) is 0 Å². The summed E-state index contributed by atoms with van der Waals surface area (Å²) >= 11 is 0. The van der Waals surface area contributed by atoms with Gasteiger partial charge in [-0.25, -0.2) is 13.1 Å². The minimum Gasteiger partial charge on any atom is -0.392 e. The zero-order valence-corrected chi connectivity index (χ0v) is 11.9. The summed E-state index contributed by atoms with van der Waals surface area (Å²) in [6.07, 6.45) is 0.917. The largest absolute Gasteiger partial charge is 0.392 e. The zero-order chi connectivity index (χ0) is 13.8. The van der Waals surface area contributed by atoms with E-state index in [1.165, 1.54) is 12.1 Å². The number of nitrogens with one attached hydrogen (secondary N) is 1. The summed E-state index contributed by atoms with van der Waals surface area (Å²) in [5.41, 5.74) is 0.592. The highest BCUT2D eigenvalue weighted by atomic mass is 32.2. The average Bonchev–Trinajstić information content (AvgIpc) is 2.37. The van der Waals surface area contributed by atoms with Crippen LogP contribution in [0, 0.1) is 5.92 Å². The highest BCUT2D eigenvalue weighted by Gasteiger charge is 2.20. The van der Waals surface area contributed by atoms with Gasteiger partial charge in [0.25, 0.3) is 0 Å². The summed E-state index contributed by atoms with van der Waals surface area (Å²) in [5, 5.41) is 9.02. The molecule has 1 rings (SSSR count). The lowest BCUT2D eigenvalue weighted by Gasteiger charge is -2.19. The van der Waals surface area contributed by atoms with E-state index in [0.29, 0.717) is 5.56 Å². The molecule has 0 aliphatic rings. The Balaban J connectivity index is 2.92. The number of aliphatic hydroxyl groups is 1. The topological polar surface area (TPSA) is 66.4 Å². The molecule has 0 saturated carbocycles. The Labute approximate surface area is 109 Å². The average molecular weight is 271 g/mol. The summed E-state index contributed by atoms with van der Waals surface area (Å²) < 4.78 is 26.9.